The lowest BCUT2D eigenvalue weighted by Crippen LogP contribution is -2.44. The molecule has 1 saturated heterocycles. The van der Waals surface area contributed by atoms with Gasteiger partial charge in [-0.05, 0) is 38.5 Å². The van der Waals surface area contributed by atoms with E-state index in [2.05, 4.69) is 10.6 Å². The third-order valence-corrected chi connectivity index (χ3v) is 4.58. The number of hydrogen-bond donors (Lipinski definition) is 2. The van der Waals surface area contributed by atoms with Crippen LogP contribution in [0.15, 0.2) is 18.2 Å². The zero-order valence-corrected chi connectivity index (χ0v) is 16.5. The number of amides is 4. The van der Waals surface area contributed by atoms with Crippen LogP contribution in [0.25, 0.3) is 0 Å². The van der Waals surface area contributed by atoms with Gasteiger partial charge < -0.3 is 15.4 Å². The lowest BCUT2D eigenvalue weighted by Gasteiger charge is -2.19. The second-order valence-electron chi connectivity index (χ2n) is 6.29. The average molecular weight is 416 g/mol. The molecule has 1 aromatic rings. The first kappa shape index (κ1) is 21.0. The number of urea groups is 1. The summed E-state index contributed by atoms with van der Waals surface area (Å²) >= 11 is 11.7. The molecular weight excluding hydrogens is 397 g/mol. The number of nitrogens with one attached hydrogen (secondary N) is 2. The molecule has 8 nitrogen and oxygen atoms in total. The van der Waals surface area contributed by atoms with Crippen molar-refractivity contribution < 1.29 is 23.9 Å². The van der Waals surface area contributed by atoms with Gasteiger partial charge in [-0.1, -0.05) is 30.1 Å². The van der Waals surface area contributed by atoms with E-state index < -0.39 is 42.0 Å². The predicted molar refractivity (Wildman–Crippen MR) is 99.6 cm³/mol. The van der Waals surface area contributed by atoms with E-state index in [-0.39, 0.29) is 0 Å². The minimum Gasteiger partial charge on any atom is -0.451 e. The highest BCUT2D eigenvalue weighted by atomic mass is 35.5. The van der Waals surface area contributed by atoms with Crippen LogP contribution < -0.4 is 10.6 Å². The smallest absolute Gasteiger partial charge is 0.327 e. The molecule has 2 atom stereocenters. The summed E-state index contributed by atoms with van der Waals surface area (Å²) in [6.07, 6.45) is -0.780. The normalized spacial score (nSPS) is 20.3. The second-order valence-corrected chi connectivity index (χ2v) is 7.16. The van der Waals surface area contributed by atoms with Gasteiger partial charge in [-0.25, -0.2) is 4.79 Å². The van der Waals surface area contributed by atoms with Crippen molar-refractivity contribution in [2.24, 2.45) is 0 Å². The van der Waals surface area contributed by atoms with Crippen LogP contribution in [-0.4, -0.2) is 46.9 Å². The number of rotatable bonds is 6. The van der Waals surface area contributed by atoms with Crippen molar-refractivity contribution in [3.63, 3.8) is 0 Å². The number of benzene rings is 1. The maximum atomic E-state index is 12.3. The van der Waals surface area contributed by atoms with Gasteiger partial charge in [0.2, 0.25) is 0 Å². The topological polar surface area (TPSA) is 105 Å². The van der Waals surface area contributed by atoms with Gasteiger partial charge in [0.25, 0.3) is 11.8 Å². The van der Waals surface area contributed by atoms with Gasteiger partial charge in [-0.2, -0.15) is 0 Å². The highest BCUT2D eigenvalue weighted by Gasteiger charge is 2.47. The molecule has 0 aliphatic carbocycles. The van der Waals surface area contributed by atoms with Crippen molar-refractivity contribution in [3.8, 4) is 0 Å². The number of imide groups is 1. The van der Waals surface area contributed by atoms with E-state index in [1.165, 1.54) is 25.1 Å². The van der Waals surface area contributed by atoms with Crippen LogP contribution in [0.2, 0.25) is 10.0 Å². The van der Waals surface area contributed by atoms with Crippen molar-refractivity contribution in [2.75, 3.05) is 11.9 Å². The van der Waals surface area contributed by atoms with Crippen LogP contribution in [0, 0.1) is 0 Å². The van der Waals surface area contributed by atoms with E-state index in [9.17, 15) is 19.2 Å². The third kappa shape index (κ3) is 4.90. The van der Waals surface area contributed by atoms with E-state index >= 15 is 0 Å². The van der Waals surface area contributed by atoms with Crippen LogP contribution in [0.1, 0.15) is 27.2 Å². The van der Waals surface area contributed by atoms with Gasteiger partial charge >= 0.3 is 12.0 Å². The Bertz CT molecular complexity index is 781. The number of ether oxygens (including phenoxy) is 1. The van der Waals surface area contributed by atoms with Crippen molar-refractivity contribution in [1.82, 2.24) is 10.2 Å². The lowest BCUT2D eigenvalue weighted by molar-refractivity contribution is -0.155. The molecule has 2 N–H and O–H groups in total. The van der Waals surface area contributed by atoms with Crippen molar-refractivity contribution in [1.29, 1.82) is 0 Å². The van der Waals surface area contributed by atoms with Crippen LogP contribution in [0.3, 0.4) is 0 Å². The summed E-state index contributed by atoms with van der Waals surface area (Å²) in [5, 5.41) is 5.71. The molecule has 27 heavy (non-hydrogen) atoms. The molecule has 1 aliphatic heterocycles. The highest BCUT2D eigenvalue weighted by molar-refractivity contribution is 6.35. The molecule has 4 amide bonds. The quantitative estimate of drug-likeness (QED) is 0.548. The minimum atomic E-state index is -1.16. The highest BCUT2D eigenvalue weighted by Crippen LogP contribution is 2.23. The molecule has 1 fully saturated rings. The Balaban J connectivity index is 1.94. The Labute approximate surface area is 166 Å². The molecule has 0 radical (unpaired) electrons. The minimum absolute atomic E-state index is 0.333. The zero-order valence-electron chi connectivity index (χ0n) is 15.0. The molecular formula is C17H19Cl2N3O5. The SMILES string of the molecule is CC[C@]1(C)NC(=O)N(CC(=O)O[C@H](C)C(=O)Nc2cc(Cl)cc(Cl)c2)C1=O. The van der Waals surface area contributed by atoms with E-state index in [0.29, 0.717) is 22.2 Å². The van der Waals surface area contributed by atoms with Crippen molar-refractivity contribution >= 4 is 52.7 Å². The monoisotopic (exact) mass is 415 g/mol. The summed E-state index contributed by atoms with van der Waals surface area (Å²) in [5.74, 6) is -2.01. The van der Waals surface area contributed by atoms with Gasteiger partial charge in [0.15, 0.2) is 6.10 Å². The molecule has 0 aromatic heterocycles. The maximum Gasteiger partial charge on any atom is 0.327 e. The molecule has 2 rings (SSSR count). The maximum absolute atomic E-state index is 12.3. The van der Waals surface area contributed by atoms with Crippen molar-refractivity contribution in [3.05, 3.63) is 28.2 Å². The van der Waals surface area contributed by atoms with Crippen LogP contribution in [0.5, 0.6) is 0 Å². The Hall–Kier alpha value is -2.32. The van der Waals surface area contributed by atoms with Crippen LogP contribution in [-0.2, 0) is 19.1 Å². The number of hydrogen-bond acceptors (Lipinski definition) is 5. The molecule has 1 aliphatic rings. The summed E-state index contributed by atoms with van der Waals surface area (Å²) in [5.41, 5.74) is -0.708. The molecule has 1 heterocycles. The summed E-state index contributed by atoms with van der Waals surface area (Å²) in [7, 11) is 0. The Morgan fingerprint density at radius 1 is 1.26 bits per heavy atom. The number of carbonyl (C=O) groups excluding carboxylic acids is 4. The second kappa shape index (κ2) is 8.14. The number of halogens is 2. The van der Waals surface area contributed by atoms with Gasteiger partial charge in [-0.15, -0.1) is 0 Å². The number of nitrogens with zero attached hydrogens (tertiary/aromatic N) is 1. The fraction of sp³-hybridized carbons (Fsp3) is 0.412. The third-order valence-electron chi connectivity index (χ3n) is 4.15. The van der Waals surface area contributed by atoms with E-state index in [1.807, 2.05) is 0 Å². The van der Waals surface area contributed by atoms with Crippen LogP contribution in [0.4, 0.5) is 10.5 Å². The molecule has 146 valence electrons. The first-order valence-corrected chi connectivity index (χ1v) is 8.92. The predicted octanol–water partition coefficient (Wildman–Crippen LogP) is 2.58. The Kier molecular flexibility index (Phi) is 6.33. The summed E-state index contributed by atoms with van der Waals surface area (Å²) in [6, 6.07) is 3.80. The summed E-state index contributed by atoms with van der Waals surface area (Å²) < 4.78 is 5.01. The zero-order chi connectivity index (χ0) is 20.4. The number of carbonyl (C=O) groups is 4. The molecule has 10 heteroatoms. The molecule has 1 aromatic carbocycles. The lowest BCUT2D eigenvalue weighted by atomic mass is 9.99. The van der Waals surface area contributed by atoms with Gasteiger partial charge in [0.1, 0.15) is 12.1 Å². The number of esters is 1. The number of anilines is 1. The standard InChI is InChI=1S/C17H19Cl2N3O5/c1-4-17(3)15(25)22(16(26)21-17)8-13(23)27-9(2)14(24)20-12-6-10(18)5-11(19)7-12/h5-7,9H,4,8H2,1-3H3,(H,20,24)(H,21,26)/t9-,17+/m1/s1. The average Bonchev–Trinajstić information content (AvgIpc) is 2.77. The summed E-state index contributed by atoms with van der Waals surface area (Å²) in [6.45, 7) is 4.10. The van der Waals surface area contributed by atoms with Gasteiger partial charge in [0, 0.05) is 15.7 Å². The molecule has 0 saturated carbocycles. The first-order valence-electron chi connectivity index (χ1n) is 8.16. The molecule has 0 unspecified atom stereocenters. The fourth-order valence-corrected chi connectivity index (χ4v) is 2.94. The van der Waals surface area contributed by atoms with E-state index in [1.54, 1.807) is 13.8 Å². The summed E-state index contributed by atoms with van der Waals surface area (Å²) in [4.78, 5) is 49.1. The molecule has 0 spiro atoms. The van der Waals surface area contributed by atoms with E-state index in [0.717, 1.165) is 4.90 Å². The largest absolute Gasteiger partial charge is 0.451 e. The van der Waals surface area contributed by atoms with Crippen LogP contribution >= 0.6 is 23.2 Å². The van der Waals surface area contributed by atoms with Gasteiger partial charge in [-0.3, -0.25) is 19.3 Å². The molecule has 0 bridgehead atoms. The van der Waals surface area contributed by atoms with Crippen molar-refractivity contribution in [2.45, 2.75) is 38.8 Å². The van der Waals surface area contributed by atoms with Gasteiger partial charge in [0.05, 0.1) is 0 Å². The Morgan fingerprint density at radius 2 is 1.85 bits per heavy atom. The fourth-order valence-electron chi connectivity index (χ4n) is 2.42. The first-order chi connectivity index (χ1) is 12.6. The van der Waals surface area contributed by atoms with E-state index in [4.69, 9.17) is 27.9 Å². The Morgan fingerprint density at radius 3 is 2.37 bits per heavy atom.